The molecule has 5 nitrogen and oxygen atoms in total. The van der Waals surface area contributed by atoms with Crippen molar-refractivity contribution in [3.8, 4) is 0 Å². The summed E-state index contributed by atoms with van der Waals surface area (Å²) >= 11 is 9.18. The van der Waals surface area contributed by atoms with Crippen LogP contribution in [0.25, 0.3) is 0 Å². The predicted octanol–water partition coefficient (Wildman–Crippen LogP) is 5.33. The van der Waals surface area contributed by atoms with Crippen molar-refractivity contribution >= 4 is 46.9 Å². The predicted molar refractivity (Wildman–Crippen MR) is 119 cm³/mol. The van der Waals surface area contributed by atoms with Crippen LogP contribution in [0.15, 0.2) is 70.7 Å². The Kier molecular flexibility index (Phi) is 7.85. The van der Waals surface area contributed by atoms with Crippen LogP contribution in [0.3, 0.4) is 0 Å². The summed E-state index contributed by atoms with van der Waals surface area (Å²) in [4.78, 5) is 10.1. The first kappa shape index (κ1) is 20.8. The first-order chi connectivity index (χ1) is 13.6. The molecule has 28 heavy (non-hydrogen) atoms. The van der Waals surface area contributed by atoms with E-state index in [4.69, 9.17) is 11.6 Å². The summed E-state index contributed by atoms with van der Waals surface area (Å²) in [6, 6.07) is 19.5. The molecule has 0 radical (unpaired) electrons. The Labute approximate surface area is 178 Å². The molecule has 3 rings (SSSR count). The molecule has 0 aliphatic carbocycles. The summed E-state index contributed by atoms with van der Waals surface area (Å²) in [5.74, 6) is 2.11. The number of nitrogens with zero attached hydrogens (tertiary/aromatic N) is 2. The van der Waals surface area contributed by atoms with Gasteiger partial charge in [-0.1, -0.05) is 65.8 Å². The lowest BCUT2D eigenvalue weighted by Gasteiger charge is -2.14. The van der Waals surface area contributed by atoms with Gasteiger partial charge in [-0.25, -0.2) is 9.97 Å². The largest absolute Gasteiger partial charge is 0.394 e. The molecule has 1 heterocycles. The average molecular weight is 433 g/mol. The van der Waals surface area contributed by atoms with Crippen molar-refractivity contribution in [2.45, 2.75) is 28.8 Å². The second-order valence-corrected chi connectivity index (χ2v) is 8.26. The van der Waals surface area contributed by atoms with Gasteiger partial charge in [0.15, 0.2) is 5.16 Å². The van der Waals surface area contributed by atoms with E-state index in [1.807, 2.05) is 55.5 Å². The van der Waals surface area contributed by atoms with Crippen molar-refractivity contribution in [2.24, 2.45) is 0 Å². The van der Waals surface area contributed by atoms with Crippen LogP contribution in [0.1, 0.15) is 12.5 Å². The summed E-state index contributed by atoms with van der Waals surface area (Å²) < 4.78 is 3.24. The zero-order chi connectivity index (χ0) is 19.8. The summed E-state index contributed by atoms with van der Waals surface area (Å²) in [5, 5.41) is 13.8. The molecule has 3 N–H and O–H groups in total. The van der Waals surface area contributed by atoms with Gasteiger partial charge < -0.3 is 15.1 Å². The molecule has 0 saturated carbocycles. The van der Waals surface area contributed by atoms with Gasteiger partial charge in [0.1, 0.15) is 11.6 Å². The fourth-order valence-corrected chi connectivity index (χ4v) is 3.97. The van der Waals surface area contributed by atoms with Crippen molar-refractivity contribution in [1.29, 1.82) is 0 Å². The standard InChI is InChI=1S/C20H21ClN4OS2/c1-14(12-26)22-18-11-19(25-28-17-10-6-5-9-16(17)21)24-20(23-18)27-13-15-7-3-2-4-8-15/h2-11,14,26H,12-13H2,1H3,(H2,22,23,24,25)/t14-/m1/s1. The molecule has 146 valence electrons. The molecule has 2 aromatic carbocycles. The quantitative estimate of drug-likeness (QED) is 0.239. The van der Waals surface area contributed by atoms with Gasteiger partial charge in [0.2, 0.25) is 0 Å². The summed E-state index contributed by atoms with van der Waals surface area (Å²) in [6.07, 6.45) is 0. The van der Waals surface area contributed by atoms with Crippen LogP contribution >= 0.6 is 35.3 Å². The molecule has 0 aliphatic heterocycles. The Balaban J connectivity index is 1.75. The number of aromatic nitrogens is 2. The normalized spacial score (nSPS) is 11.8. The number of nitrogens with one attached hydrogen (secondary N) is 2. The third kappa shape index (κ3) is 6.31. The van der Waals surface area contributed by atoms with Crippen LogP contribution < -0.4 is 10.0 Å². The van der Waals surface area contributed by atoms with Gasteiger partial charge in [-0.3, -0.25) is 0 Å². The molecular formula is C20H21ClN4OS2. The molecule has 0 spiro atoms. The Morgan fingerprint density at radius 1 is 1.04 bits per heavy atom. The summed E-state index contributed by atoms with van der Waals surface area (Å²) in [5.41, 5.74) is 1.21. The monoisotopic (exact) mass is 432 g/mol. The lowest BCUT2D eigenvalue weighted by molar-refractivity contribution is 0.281. The van der Waals surface area contributed by atoms with Crippen LogP contribution in [-0.4, -0.2) is 27.7 Å². The zero-order valence-electron chi connectivity index (χ0n) is 15.3. The Hall–Kier alpha value is -1.93. The molecule has 0 unspecified atom stereocenters. The molecule has 0 aliphatic rings. The average Bonchev–Trinajstić information content (AvgIpc) is 2.72. The molecular weight excluding hydrogens is 412 g/mol. The van der Waals surface area contributed by atoms with E-state index >= 15 is 0 Å². The van der Waals surface area contributed by atoms with Crippen LogP contribution in [0.4, 0.5) is 11.6 Å². The van der Waals surface area contributed by atoms with Crippen LogP contribution in [0, 0.1) is 0 Å². The number of anilines is 2. The maximum absolute atomic E-state index is 9.32. The van der Waals surface area contributed by atoms with Gasteiger partial charge in [0.05, 0.1) is 11.6 Å². The number of benzene rings is 2. The maximum Gasteiger partial charge on any atom is 0.191 e. The number of hydrogen-bond donors (Lipinski definition) is 3. The van der Waals surface area contributed by atoms with E-state index in [-0.39, 0.29) is 12.6 Å². The highest BCUT2D eigenvalue weighted by Crippen LogP contribution is 2.29. The van der Waals surface area contributed by atoms with E-state index in [9.17, 15) is 5.11 Å². The minimum absolute atomic E-state index is 0.0215. The maximum atomic E-state index is 9.32. The molecule has 0 bridgehead atoms. The van der Waals surface area contributed by atoms with Gasteiger partial charge in [0.25, 0.3) is 0 Å². The van der Waals surface area contributed by atoms with E-state index in [1.165, 1.54) is 17.5 Å². The summed E-state index contributed by atoms with van der Waals surface area (Å²) in [7, 11) is 0. The van der Waals surface area contributed by atoms with Crippen LogP contribution in [0.2, 0.25) is 5.02 Å². The Morgan fingerprint density at radius 3 is 2.50 bits per heavy atom. The highest BCUT2D eigenvalue weighted by Gasteiger charge is 2.09. The van der Waals surface area contributed by atoms with Gasteiger partial charge in [-0.15, -0.1) is 0 Å². The number of aliphatic hydroxyl groups excluding tert-OH is 1. The number of rotatable bonds is 9. The molecule has 8 heteroatoms. The third-order valence-electron chi connectivity index (χ3n) is 3.69. The molecule has 1 atom stereocenters. The Bertz CT molecular complexity index is 898. The Morgan fingerprint density at radius 2 is 1.75 bits per heavy atom. The van der Waals surface area contributed by atoms with Crippen molar-refractivity contribution in [3.63, 3.8) is 0 Å². The van der Waals surface area contributed by atoms with Crippen LogP contribution in [0.5, 0.6) is 0 Å². The molecule has 1 aromatic heterocycles. The fourth-order valence-electron chi connectivity index (χ4n) is 2.27. The lowest BCUT2D eigenvalue weighted by Crippen LogP contribution is -2.20. The number of aliphatic hydroxyl groups is 1. The first-order valence-corrected chi connectivity index (χ1v) is 10.9. The van der Waals surface area contributed by atoms with E-state index in [0.717, 1.165) is 10.6 Å². The third-order valence-corrected chi connectivity index (χ3v) is 5.93. The van der Waals surface area contributed by atoms with E-state index in [1.54, 1.807) is 11.8 Å². The number of hydrogen-bond acceptors (Lipinski definition) is 7. The number of thioether (sulfide) groups is 1. The minimum Gasteiger partial charge on any atom is -0.394 e. The zero-order valence-corrected chi connectivity index (χ0v) is 17.7. The smallest absolute Gasteiger partial charge is 0.191 e. The van der Waals surface area contributed by atoms with E-state index < -0.39 is 0 Å². The van der Waals surface area contributed by atoms with Crippen molar-refractivity contribution in [1.82, 2.24) is 9.97 Å². The highest BCUT2D eigenvalue weighted by molar-refractivity contribution is 8.00. The van der Waals surface area contributed by atoms with Gasteiger partial charge in [-0.05, 0) is 36.6 Å². The second-order valence-electron chi connectivity index (χ2n) is 6.06. The van der Waals surface area contributed by atoms with Gasteiger partial charge in [0, 0.05) is 22.8 Å². The molecule has 0 amide bonds. The molecule has 3 aromatic rings. The SMILES string of the molecule is C[C@H](CO)Nc1cc(NSc2ccccc2Cl)nc(SCc2ccccc2)n1. The second kappa shape index (κ2) is 10.6. The minimum atomic E-state index is -0.106. The fraction of sp³-hybridized carbons (Fsp3) is 0.200. The lowest BCUT2D eigenvalue weighted by atomic mass is 10.2. The van der Waals surface area contributed by atoms with E-state index in [0.29, 0.717) is 21.8 Å². The number of halogens is 1. The van der Waals surface area contributed by atoms with Crippen LogP contribution in [-0.2, 0) is 5.75 Å². The van der Waals surface area contributed by atoms with Crippen molar-refractivity contribution in [2.75, 3.05) is 16.6 Å². The van der Waals surface area contributed by atoms with E-state index in [2.05, 4.69) is 32.1 Å². The van der Waals surface area contributed by atoms with Gasteiger partial charge in [-0.2, -0.15) is 0 Å². The summed E-state index contributed by atoms with van der Waals surface area (Å²) in [6.45, 7) is 1.91. The first-order valence-electron chi connectivity index (χ1n) is 8.74. The van der Waals surface area contributed by atoms with Crippen molar-refractivity contribution < 1.29 is 5.11 Å². The van der Waals surface area contributed by atoms with Gasteiger partial charge >= 0.3 is 0 Å². The molecule has 0 fully saturated rings. The molecule has 0 saturated heterocycles. The van der Waals surface area contributed by atoms with Crippen molar-refractivity contribution in [3.05, 3.63) is 71.2 Å². The topological polar surface area (TPSA) is 70.1 Å². The highest BCUT2D eigenvalue weighted by atomic mass is 35.5.